The lowest BCUT2D eigenvalue weighted by molar-refractivity contribution is 0.282. The molecule has 0 N–H and O–H groups in total. The molecular weight excluding hydrogens is 372 g/mol. The van der Waals surface area contributed by atoms with E-state index in [-0.39, 0.29) is 0 Å². The van der Waals surface area contributed by atoms with Gasteiger partial charge in [0, 0.05) is 0 Å². The molecule has 0 amide bonds. The molecule has 0 nitrogen and oxygen atoms in total. The fourth-order valence-electron chi connectivity index (χ4n) is 5.01. The van der Waals surface area contributed by atoms with E-state index in [4.69, 9.17) is 0 Å². The molecule has 0 aromatic heterocycles. The van der Waals surface area contributed by atoms with Gasteiger partial charge in [0.1, 0.15) is 0 Å². The van der Waals surface area contributed by atoms with Gasteiger partial charge in [0.15, 0.2) is 0 Å². The molecule has 0 heteroatoms. The summed E-state index contributed by atoms with van der Waals surface area (Å²) >= 11 is 0. The van der Waals surface area contributed by atoms with E-state index in [0.717, 1.165) is 0 Å². The minimum atomic E-state index is 0.581. The Balaban J connectivity index is 3.28. The zero-order valence-corrected chi connectivity index (χ0v) is 22.9. The summed E-state index contributed by atoms with van der Waals surface area (Å²) in [7, 11) is 0. The largest absolute Gasteiger partial charge is 0.0654 e. The molecule has 0 aliphatic rings. The highest BCUT2D eigenvalue weighted by Crippen LogP contribution is 2.30. The van der Waals surface area contributed by atoms with Crippen LogP contribution >= 0.6 is 0 Å². The summed E-state index contributed by atoms with van der Waals surface area (Å²) in [5, 5.41) is 0. The number of rotatable bonds is 26. The van der Waals surface area contributed by atoms with Gasteiger partial charge in [0.2, 0.25) is 0 Å². The average Bonchev–Trinajstić information content (AvgIpc) is 2.75. The molecule has 0 fully saturated rings. The molecule has 0 unspecified atom stereocenters. The van der Waals surface area contributed by atoms with Gasteiger partial charge in [-0.1, -0.05) is 182 Å². The molecule has 0 saturated carbocycles. The van der Waals surface area contributed by atoms with Crippen LogP contribution in [0.3, 0.4) is 0 Å². The van der Waals surface area contributed by atoms with Gasteiger partial charge >= 0.3 is 0 Å². The van der Waals surface area contributed by atoms with Crippen LogP contribution in [0.5, 0.6) is 0 Å². The second kappa shape index (κ2) is 24.6. The van der Waals surface area contributed by atoms with Crippen molar-refractivity contribution in [3.05, 3.63) is 0 Å². The summed E-state index contributed by atoms with van der Waals surface area (Å²) in [5.74, 6) is 0. The lowest BCUT2D eigenvalue weighted by Gasteiger charge is -2.24. The molecule has 0 atom stereocenters. The van der Waals surface area contributed by atoms with Crippen molar-refractivity contribution in [1.29, 1.82) is 0 Å². The second-order valence-electron chi connectivity index (χ2n) is 11.4. The van der Waals surface area contributed by atoms with Crippen LogP contribution in [-0.2, 0) is 0 Å². The third kappa shape index (κ3) is 26.1. The molecule has 0 aliphatic carbocycles. The summed E-state index contributed by atoms with van der Waals surface area (Å²) < 4.78 is 0. The van der Waals surface area contributed by atoms with E-state index in [1.54, 1.807) is 0 Å². The van der Waals surface area contributed by atoms with Gasteiger partial charge < -0.3 is 0 Å². The Morgan fingerprint density at radius 2 is 0.484 bits per heavy atom. The van der Waals surface area contributed by atoms with Gasteiger partial charge in [-0.2, -0.15) is 0 Å². The molecule has 0 aliphatic heterocycles. The smallest absolute Gasteiger partial charge is 0.0354 e. The van der Waals surface area contributed by atoms with Crippen LogP contribution in [-0.4, -0.2) is 0 Å². The molecule has 0 rings (SSSR count). The SMILES string of the molecule is CCCCCCCCCCCCCCCCC(C)(C)CCCCCCCCCCCC. The first-order valence-electron chi connectivity index (χ1n) is 15.1. The van der Waals surface area contributed by atoms with Crippen molar-refractivity contribution in [2.45, 2.75) is 195 Å². The maximum absolute atomic E-state index is 2.52. The van der Waals surface area contributed by atoms with E-state index < -0.39 is 0 Å². The molecule has 0 saturated heterocycles. The van der Waals surface area contributed by atoms with Crippen molar-refractivity contribution in [1.82, 2.24) is 0 Å². The zero-order chi connectivity index (χ0) is 22.9. The molecule has 0 spiro atoms. The first-order chi connectivity index (χ1) is 15.1. The second-order valence-corrected chi connectivity index (χ2v) is 11.4. The monoisotopic (exact) mass is 437 g/mol. The summed E-state index contributed by atoms with van der Waals surface area (Å²) in [6, 6.07) is 0. The van der Waals surface area contributed by atoms with Gasteiger partial charge in [-0.15, -0.1) is 0 Å². The van der Waals surface area contributed by atoms with E-state index in [1.165, 1.54) is 167 Å². The van der Waals surface area contributed by atoms with Crippen LogP contribution in [0.2, 0.25) is 0 Å². The Hall–Kier alpha value is 0. The normalized spacial score (nSPS) is 12.0. The van der Waals surface area contributed by atoms with Crippen molar-refractivity contribution in [2.75, 3.05) is 0 Å². The Kier molecular flexibility index (Phi) is 24.6. The van der Waals surface area contributed by atoms with Gasteiger partial charge in [-0.05, 0) is 18.3 Å². The maximum Gasteiger partial charge on any atom is -0.0354 e. The zero-order valence-electron chi connectivity index (χ0n) is 22.9. The molecule has 188 valence electrons. The third-order valence-electron chi connectivity index (χ3n) is 7.41. The van der Waals surface area contributed by atoms with Crippen molar-refractivity contribution < 1.29 is 0 Å². The van der Waals surface area contributed by atoms with Crippen LogP contribution < -0.4 is 0 Å². The minimum Gasteiger partial charge on any atom is -0.0654 e. The molecule has 0 aromatic rings. The van der Waals surface area contributed by atoms with Crippen molar-refractivity contribution in [3.63, 3.8) is 0 Å². The molecule has 31 heavy (non-hydrogen) atoms. The van der Waals surface area contributed by atoms with E-state index in [2.05, 4.69) is 27.7 Å². The van der Waals surface area contributed by atoms with Crippen LogP contribution in [0, 0.1) is 5.41 Å². The van der Waals surface area contributed by atoms with Gasteiger partial charge in [0.05, 0.1) is 0 Å². The first kappa shape index (κ1) is 31.0. The van der Waals surface area contributed by atoms with Gasteiger partial charge in [0.25, 0.3) is 0 Å². The highest BCUT2D eigenvalue weighted by molar-refractivity contribution is 4.69. The fraction of sp³-hybridized carbons (Fsp3) is 1.00. The van der Waals surface area contributed by atoms with Gasteiger partial charge in [-0.3, -0.25) is 0 Å². The molecular formula is C31H64. The van der Waals surface area contributed by atoms with E-state index >= 15 is 0 Å². The van der Waals surface area contributed by atoms with E-state index in [1.807, 2.05) is 0 Å². The minimum absolute atomic E-state index is 0.581. The van der Waals surface area contributed by atoms with E-state index in [9.17, 15) is 0 Å². The van der Waals surface area contributed by atoms with Crippen LogP contribution in [0.15, 0.2) is 0 Å². The highest BCUT2D eigenvalue weighted by atomic mass is 14.2. The summed E-state index contributed by atoms with van der Waals surface area (Å²) in [4.78, 5) is 0. The van der Waals surface area contributed by atoms with E-state index in [0.29, 0.717) is 5.41 Å². The lowest BCUT2D eigenvalue weighted by Crippen LogP contribution is -2.11. The number of hydrogen-bond acceptors (Lipinski definition) is 0. The topological polar surface area (TPSA) is 0 Å². The third-order valence-corrected chi connectivity index (χ3v) is 7.41. The summed E-state index contributed by atoms with van der Waals surface area (Å²) in [6.07, 6.45) is 38.0. The first-order valence-corrected chi connectivity index (χ1v) is 15.1. The summed E-state index contributed by atoms with van der Waals surface area (Å²) in [5.41, 5.74) is 0.581. The molecule has 0 aromatic carbocycles. The molecule has 0 bridgehead atoms. The predicted octanol–water partition coefficient (Wildman–Crippen LogP) is 12.2. The standard InChI is InChI=1S/C31H64/c1-5-7-9-11-13-15-17-18-19-20-22-24-26-28-30-31(3,4)29-27-25-23-21-16-14-12-10-8-6-2/h5-30H2,1-4H3. The Labute approximate surface area is 200 Å². The number of unbranched alkanes of at least 4 members (excludes halogenated alkanes) is 22. The molecule has 0 heterocycles. The predicted molar refractivity (Wildman–Crippen MR) is 145 cm³/mol. The maximum atomic E-state index is 2.52. The van der Waals surface area contributed by atoms with Crippen molar-refractivity contribution in [3.8, 4) is 0 Å². The Morgan fingerprint density at radius 3 is 0.710 bits per heavy atom. The average molecular weight is 437 g/mol. The quantitative estimate of drug-likeness (QED) is 0.118. The fourth-order valence-corrected chi connectivity index (χ4v) is 5.01. The van der Waals surface area contributed by atoms with Gasteiger partial charge in [-0.25, -0.2) is 0 Å². The molecule has 0 radical (unpaired) electrons. The van der Waals surface area contributed by atoms with Crippen molar-refractivity contribution in [2.24, 2.45) is 5.41 Å². The Bertz CT molecular complexity index is 316. The van der Waals surface area contributed by atoms with Crippen LogP contribution in [0.25, 0.3) is 0 Å². The van der Waals surface area contributed by atoms with Crippen LogP contribution in [0.1, 0.15) is 195 Å². The van der Waals surface area contributed by atoms with Crippen molar-refractivity contribution >= 4 is 0 Å². The Morgan fingerprint density at radius 1 is 0.290 bits per heavy atom. The lowest BCUT2D eigenvalue weighted by atomic mass is 9.82. The summed E-state index contributed by atoms with van der Waals surface area (Å²) in [6.45, 7) is 9.65. The van der Waals surface area contributed by atoms with Crippen LogP contribution in [0.4, 0.5) is 0 Å². The highest BCUT2D eigenvalue weighted by Gasteiger charge is 2.16. The number of hydrogen-bond donors (Lipinski definition) is 0.